The number of carbonyl (C=O) groups is 2. The Labute approximate surface area is 208 Å². The van der Waals surface area contributed by atoms with Crippen molar-refractivity contribution < 1.29 is 19.1 Å². The van der Waals surface area contributed by atoms with Gasteiger partial charge in [0.15, 0.2) is 0 Å². The van der Waals surface area contributed by atoms with Gasteiger partial charge in [-0.2, -0.15) is 0 Å². The molecule has 2 aromatic carbocycles. The number of ether oxygens (including phenoxy) is 2. The summed E-state index contributed by atoms with van der Waals surface area (Å²) in [6.07, 6.45) is 4.87. The van der Waals surface area contributed by atoms with Crippen molar-refractivity contribution in [1.29, 1.82) is 0 Å². The molecule has 0 bridgehead atoms. The first-order valence-electron chi connectivity index (χ1n) is 12.6. The zero-order chi connectivity index (χ0) is 25.0. The lowest BCUT2D eigenvalue weighted by Crippen LogP contribution is -2.35. The first-order chi connectivity index (χ1) is 16.8. The maximum Gasteiger partial charge on any atom is 0.338 e. The van der Waals surface area contributed by atoms with Gasteiger partial charge in [-0.1, -0.05) is 37.8 Å². The first kappa shape index (κ1) is 25.0. The van der Waals surface area contributed by atoms with E-state index in [0.717, 1.165) is 47.6 Å². The molecule has 2 aliphatic rings. The van der Waals surface area contributed by atoms with E-state index in [-0.39, 0.29) is 29.8 Å². The molecule has 35 heavy (non-hydrogen) atoms. The lowest BCUT2D eigenvalue weighted by molar-refractivity contribution is -0.139. The molecule has 0 saturated heterocycles. The highest BCUT2D eigenvalue weighted by molar-refractivity contribution is 5.92. The van der Waals surface area contributed by atoms with E-state index in [1.807, 2.05) is 37.3 Å². The Bertz CT molecular complexity index is 1150. The Balaban J connectivity index is 1.68. The standard InChI is InChI=1S/C30H35NO4/c1-5-35-29(33)24-16-23(13-8-20-6-9-21(10-7-20)18-27(32)34-4)17-25-28(24)26(14-15-30(25,2)3)31-19-22-11-12-22/h6-7,9-10,16-17,22,26,31H,5,11-12,14-15,18-19H2,1-4H3. The van der Waals surface area contributed by atoms with Crippen LogP contribution in [-0.2, 0) is 26.1 Å². The van der Waals surface area contributed by atoms with Crippen LogP contribution < -0.4 is 5.32 Å². The maximum atomic E-state index is 13.1. The minimum atomic E-state index is -0.282. The molecule has 2 aromatic rings. The lowest BCUT2D eigenvalue weighted by atomic mass is 9.69. The number of rotatable bonds is 7. The molecule has 0 heterocycles. The van der Waals surface area contributed by atoms with Crippen LogP contribution >= 0.6 is 0 Å². The van der Waals surface area contributed by atoms with E-state index in [1.54, 1.807) is 0 Å². The van der Waals surface area contributed by atoms with E-state index in [1.165, 1.54) is 25.5 Å². The van der Waals surface area contributed by atoms with Gasteiger partial charge in [0.1, 0.15) is 0 Å². The third-order valence-corrected chi connectivity index (χ3v) is 7.04. The Morgan fingerprint density at radius 1 is 1.06 bits per heavy atom. The van der Waals surface area contributed by atoms with Crippen LogP contribution in [0.15, 0.2) is 36.4 Å². The van der Waals surface area contributed by atoms with Crippen LogP contribution in [0.2, 0.25) is 0 Å². The summed E-state index contributed by atoms with van der Waals surface area (Å²) >= 11 is 0. The normalized spacial score (nSPS) is 18.1. The summed E-state index contributed by atoms with van der Waals surface area (Å²) < 4.78 is 10.2. The highest BCUT2D eigenvalue weighted by atomic mass is 16.5. The predicted molar refractivity (Wildman–Crippen MR) is 136 cm³/mol. The predicted octanol–water partition coefficient (Wildman–Crippen LogP) is 5.09. The summed E-state index contributed by atoms with van der Waals surface area (Å²) in [6, 6.07) is 11.8. The van der Waals surface area contributed by atoms with Crippen LogP contribution in [0.25, 0.3) is 0 Å². The van der Waals surface area contributed by atoms with Crippen LogP contribution in [0.4, 0.5) is 0 Å². The number of methoxy groups -OCH3 is 1. The van der Waals surface area contributed by atoms with Crippen LogP contribution in [0, 0.1) is 17.8 Å². The fourth-order valence-electron chi connectivity index (χ4n) is 4.75. The maximum absolute atomic E-state index is 13.1. The number of hydrogen-bond donors (Lipinski definition) is 1. The summed E-state index contributed by atoms with van der Waals surface area (Å²) in [7, 11) is 1.39. The first-order valence-corrected chi connectivity index (χ1v) is 12.6. The van der Waals surface area contributed by atoms with E-state index in [0.29, 0.717) is 12.2 Å². The van der Waals surface area contributed by atoms with Gasteiger partial charge >= 0.3 is 11.9 Å². The minimum Gasteiger partial charge on any atom is -0.469 e. The number of carbonyl (C=O) groups excluding carboxylic acids is 2. The van der Waals surface area contributed by atoms with Gasteiger partial charge in [0.2, 0.25) is 0 Å². The lowest BCUT2D eigenvalue weighted by Gasteiger charge is -2.38. The van der Waals surface area contributed by atoms with Crippen LogP contribution in [0.1, 0.15) is 90.7 Å². The average molecular weight is 474 g/mol. The van der Waals surface area contributed by atoms with E-state index < -0.39 is 0 Å². The second-order valence-corrected chi connectivity index (χ2v) is 10.2. The van der Waals surface area contributed by atoms with Crippen LogP contribution in [0.5, 0.6) is 0 Å². The fourth-order valence-corrected chi connectivity index (χ4v) is 4.75. The summed E-state index contributed by atoms with van der Waals surface area (Å²) in [4.78, 5) is 24.6. The third kappa shape index (κ3) is 6.13. The molecule has 2 aliphatic carbocycles. The number of fused-ring (bicyclic) bond motifs is 1. The second kappa shape index (κ2) is 10.7. The molecular formula is C30H35NO4. The largest absolute Gasteiger partial charge is 0.469 e. The molecule has 184 valence electrons. The Morgan fingerprint density at radius 3 is 2.43 bits per heavy atom. The van der Waals surface area contributed by atoms with Crippen molar-refractivity contribution in [2.24, 2.45) is 5.92 Å². The fraction of sp³-hybridized carbons (Fsp3) is 0.467. The number of esters is 2. The van der Waals surface area contributed by atoms with Gasteiger partial charge in [-0.3, -0.25) is 4.79 Å². The monoisotopic (exact) mass is 473 g/mol. The molecule has 5 nitrogen and oxygen atoms in total. The average Bonchev–Trinajstić information content (AvgIpc) is 3.67. The van der Waals surface area contributed by atoms with Gasteiger partial charge in [-0.25, -0.2) is 4.79 Å². The molecule has 4 rings (SSSR count). The number of benzene rings is 2. The van der Waals surface area contributed by atoms with Gasteiger partial charge in [0.25, 0.3) is 0 Å². The zero-order valence-electron chi connectivity index (χ0n) is 21.2. The minimum absolute atomic E-state index is 0.0540. The SMILES string of the molecule is CCOC(=O)c1cc(C#Cc2ccc(CC(=O)OC)cc2)cc2c1C(NCC1CC1)CCC2(C)C. The molecule has 5 heteroatoms. The molecule has 0 aliphatic heterocycles. The quantitative estimate of drug-likeness (QED) is 0.448. The summed E-state index contributed by atoms with van der Waals surface area (Å²) in [5, 5.41) is 3.74. The van der Waals surface area contributed by atoms with Gasteiger partial charge in [-0.05, 0) is 91.4 Å². The van der Waals surface area contributed by atoms with Crippen LogP contribution in [0.3, 0.4) is 0 Å². The van der Waals surface area contributed by atoms with Crippen LogP contribution in [-0.4, -0.2) is 32.2 Å². The summed E-state index contributed by atoms with van der Waals surface area (Å²) in [5.74, 6) is 6.69. The molecule has 1 N–H and O–H groups in total. The molecule has 1 fully saturated rings. The Morgan fingerprint density at radius 2 is 1.77 bits per heavy atom. The molecule has 1 unspecified atom stereocenters. The summed E-state index contributed by atoms with van der Waals surface area (Å²) in [6.45, 7) is 7.67. The van der Waals surface area contributed by atoms with Crippen molar-refractivity contribution >= 4 is 11.9 Å². The topological polar surface area (TPSA) is 64.6 Å². The van der Waals surface area contributed by atoms with Gasteiger partial charge < -0.3 is 14.8 Å². The number of nitrogens with one attached hydrogen (secondary N) is 1. The highest BCUT2D eigenvalue weighted by Gasteiger charge is 2.37. The Kier molecular flexibility index (Phi) is 7.62. The highest BCUT2D eigenvalue weighted by Crippen LogP contribution is 2.44. The van der Waals surface area contributed by atoms with Gasteiger partial charge in [0, 0.05) is 17.2 Å². The van der Waals surface area contributed by atoms with Crippen molar-refractivity contribution in [1.82, 2.24) is 5.32 Å². The summed E-state index contributed by atoms with van der Waals surface area (Å²) in [5.41, 5.74) is 5.37. The van der Waals surface area contributed by atoms with Gasteiger partial charge in [0.05, 0.1) is 25.7 Å². The second-order valence-electron chi connectivity index (χ2n) is 10.2. The van der Waals surface area contributed by atoms with E-state index >= 15 is 0 Å². The molecular weight excluding hydrogens is 438 g/mol. The van der Waals surface area contributed by atoms with E-state index in [2.05, 4.69) is 37.1 Å². The molecule has 0 amide bonds. The van der Waals surface area contributed by atoms with Crippen molar-refractivity contribution in [2.75, 3.05) is 20.3 Å². The van der Waals surface area contributed by atoms with Crippen molar-refractivity contribution in [3.63, 3.8) is 0 Å². The van der Waals surface area contributed by atoms with Crippen molar-refractivity contribution in [2.45, 2.75) is 64.3 Å². The van der Waals surface area contributed by atoms with Crippen molar-refractivity contribution in [3.05, 3.63) is 69.8 Å². The van der Waals surface area contributed by atoms with Crippen molar-refractivity contribution in [3.8, 4) is 11.8 Å². The zero-order valence-corrected chi connectivity index (χ0v) is 21.2. The van der Waals surface area contributed by atoms with Gasteiger partial charge in [-0.15, -0.1) is 0 Å². The molecule has 0 aromatic heterocycles. The molecule has 0 radical (unpaired) electrons. The smallest absolute Gasteiger partial charge is 0.338 e. The third-order valence-electron chi connectivity index (χ3n) is 7.04. The molecule has 1 saturated carbocycles. The molecule has 1 atom stereocenters. The Hall–Kier alpha value is -3.10. The van der Waals surface area contributed by atoms with E-state index in [4.69, 9.17) is 9.47 Å². The van der Waals surface area contributed by atoms with E-state index in [9.17, 15) is 9.59 Å². The molecule has 0 spiro atoms. The number of hydrogen-bond acceptors (Lipinski definition) is 5.